The van der Waals surface area contributed by atoms with Gasteiger partial charge in [0.25, 0.3) is 0 Å². The first-order valence-electron chi connectivity index (χ1n) is 7.16. The fraction of sp³-hybridized carbons (Fsp3) is 0.375. The van der Waals surface area contributed by atoms with Gasteiger partial charge >= 0.3 is 0 Å². The minimum atomic E-state index is 0.843. The second-order valence-corrected chi connectivity index (χ2v) is 4.67. The molecule has 5 nitrogen and oxygen atoms in total. The summed E-state index contributed by atoms with van der Waals surface area (Å²) in [6.07, 6.45) is 2.48. The summed E-state index contributed by atoms with van der Waals surface area (Å²) in [6, 6.07) is 7.94. The van der Waals surface area contributed by atoms with E-state index in [2.05, 4.69) is 34.0 Å². The van der Waals surface area contributed by atoms with Crippen molar-refractivity contribution in [2.24, 2.45) is 0 Å². The normalized spacial score (nSPS) is 10.3. The second-order valence-electron chi connectivity index (χ2n) is 4.67. The van der Waals surface area contributed by atoms with Crippen molar-refractivity contribution in [2.75, 3.05) is 30.9 Å². The number of hydrogen-bond acceptors (Lipinski definition) is 5. The number of nitrogens with zero attached hydrogens (tertiary/aromatic N) is 3. The molecular weight excluding hydrogens is 264 g/mol. The second kappa shape index (κ2) is 6.92. The fourth-order valence-electron chi connectivity index (χ4n) is 2.27. The molecule has 1 aromatic heterocycles. The van der Waals surface area contributed by atoms with Crippen LogP contribution in [0.5, 0.6) is 5.75 Å². The lowest BCUT2D eigenvalue weighted by Gasteiger charge is -2.22. The SMILES string of the molecule is CCNc1ncnc(N(C)c2ccc(OC)cc2)c1CC. The Morgan fingerprint density at radius 1 is 1.14 bits per heavy atom. The Morgan fingerprint density at radius 2 is 1.86 bits per heavy atom. The molecule has 0 aliphatic rings. The molecule has 0 fully saturated rings. The van der Waals surface area contributed by atoms with Gasteiger partial charge in [-0.05, 0) is 37.6 Å². The molecular formula is C16H22N4O. The molecule has 0 spiro atoms. The molecule has 1 aromatic carbocycles. The Balaban J connectivity index is 2.37. The Bertz CT molecular complexity index is 583. The maximum Gasteiger partial charge on any atom is 0.141 e. The van der Waals surface area contributed by atoms with Crippen molar-refractivity contribution < 1.29 is 4.74 Å². The van der Waals surface area contributed by atoms with Crippen molar-refractivity contribution in [1.82, 2.24) is 9.97 Å². The molecule has 5 heteroatoms. The summed E-state index contributed by atoms with van der Waals surface area (Å²) in [6.45, 7) is 5.02. The molecule has 21 heavy (non-hydrogen) atoms. The lowest BCUT2D eigenvalue weighted by atomic mass is 10.2. The molecule has 0 saturated carbocycles. The van der Waals surface area contributed by atoms with Crippen LogP contribution in [0.2, 0.25) is 0 Å². The smallest absolute Gasteiger partial charge is 0.141 e. The van der Waals surface area contributed by atoms with Crippen LogP contribution in [0.3, 0.4) is 0 Å². The molecule has 0 aliphatic heterocycles. The van der Waals surface area contributed by atoms with E-state index in [4.69, 9.17) is 4.74 Å². The summed E-state index contributed by atoms with van der Waals surface area (Å²) in [5, 5.41) is 3.29. The van der Waals surface area contributed by atoms with Crippen LogP contribution in [0.15, 0.2) is 30.6 Å². The quantitative estimate of drug-likeness (QED) is 0.883. The van der Waals surface area contributed by atoms with Gasteiger partial charge < -0.3 is 15.0 Å². The van der Waals surface area contributed by atoms with Gasteiger partial charge in [0.15, 0.2) is 0 Å². The molecule has 1 heterocycles. The monoisotopic (exact) mass is 286 g/mol. The molecule has 0 radical (unpaired) electrons. The largest absolute Gasteiger partial charge is 0.497 e. The third kappa shape index (κ3) is 3.24. The lowest BCUT2D eigenvalue weighted by molar-refractivity contribution is 0.415. The van der Waals surface area contributed by atoms with E-state index in [-0.39, 0.29) is 0 Å². The van der Waals surface area contributed by atoms with E-state index in [1.165, 1.54) is 0 Å². The third-order valence-corrected chi connectivity index (χ3v) is 3.40. The van der Waals surface area contributed by atoms with Crippen LogP contribution >= 0.6 is 0 Å². The number of aromatic nitrogens is 2. The molecule has 0 amide bonds. The van der Waals surface area contributed by atoms with Gasteiger partial charge in [0.05, 0.1) is 7.11 Å². The Kier molecular flexibility index (Phi) is 4.98. The summed E-state index contributed by atoms with van der Waals surface area (Å²) >= 11 is 0. The average molecular weight is 286 g/mol. The first-order chi connectivity index (χ1) is 10.2. The Labute approximate surface area is 126 Å². The maximum atomic E-state index is 5.20. The molecule has 1 N–H and O–H groups in total. The van der Waals surface area contributed by atoms with E-state index in [0.717, 1.165) is 41.6 Å². The van der Waals surface area contributed by atoms with E-state index in [0.29, 0.717) is 0 Å². The molecule has 0 atom stereocenters. The summed E-state index contributed by atoms with van der Waals surface area (Å²) in [4.78, 5) is 10.9. The number of anilines is 3. The molecule has 0 bridgehead atoms. The first kappa shape index (κ1) is 15.1. The predicted molar refractivity (Wildman–Crippen MR) is 86.6 cm³/mol. The predicted octanol–water partition coefficient (Wildman–Crippen LogP) is 3.25. The molecule has 112 valence electrons. The number of hydrogen-bond donors (Lipinski definition) is 1. The topological polar surface area (TPSA) is 50.3 Å². The third-order valence-electron chi connectivity index (χ3n) is 3.40. The van der Waals surface area contributed by atoms with Crippen LogP contribution < -0.4 is 15.0 Å². The maximum absolute atomic E-state index is 5.20. The van der Waals surface area contributed by atoms with Crippen molar-refractivity contribution in [1.29, 1.82) is 0 Å². The average Bonchev–Trinajstić information content (AvgIpc) is 2.54. The van der Waals surface area contributed by atoms with Crippen molar-refractivity contribution >= 4 is 17.3 Å². The van der Waals surface area contributed by atoms with E-state index in [1.54, 1.807) is 13.4 Å². The van der Waals surface area contributed by atoms with Crippen molar-refractivity contribution in [3.05, 3.63) is 36.2 Å². The number of ether oxygens (including phenoxy) is 1. The summed E-state index contributed by atoms with van der Waals surface area (Å²) < 4.78 is 5.20. The van der Waals surface area contributed by atoms with E-state index >= 15 is 0 Å². The number of rotatable bonds is 6. The molecule has 2 rings (SSSR count). The number of nitrogens with one attached hydrogen (secondary N) is 1. The Hall–Kier alpha value is -2.30. The highest BCUT2D eigenvalue weighted by molar-refractivity contribution is 5.67. The lowest BCUT2D eigenvalue weighted by Crippen LogP contribution is -2.16. The van der Waals surface area contributed by atoms with Crippen molar-refractivity contribution in [2.45, 2.75) is 20.3 Å². The zero-order valence-corrected chi connectivity index (χ0v) is 13.1. The number of benzene rings is 1. The van der Waals surface area contributed by atoms with Crippen molar-refractivity contribution in [3.63, 3.8) is 0 Å². The Morgan fingerprint density at radius 3 is 2.43 bits per heavy atom. The van der Waals surface area contributed by atoms with Gasteiger partial charge in [0, 0.05) is 24.8 Å². The zero-order valence-electron chi connectivity index (χ0n) is 13.1. The van der Waals surface area contributed by atoms with Gasteiger partial charge in [-0.3, -0.25) is 0 Å². The fourth-order valence-corrected chi connectivity index (χ4v) is 2.27. The minimum absolute atomic E-state index is 0.843. The van der Waals surface area contributed by atoms with Crippen molar-refractivity contribution in [3.8, 4) is 5.75 Å². The zero-order chi connectivity index (χ0) is 15.2. The van der Waals surface area contributed by atoms with Crippen LogP contribution in [0, 0.1) is 0 Å². The van der Waals surface area contributed by atoms with Crippen LogP contribution in [0.4, 0.5) is 17.3 Å². The van der Waals surface area contributed by atoms with Crippen LogP contribution in [-0.2, 0) is 6.42 Å². The highest BCUT2D eigenvalue weighted by Crippen LogP contribution is 2.29. The minimum Gasteiger partial charge on any atom is -0.497 e. The molecule has 0 saturated heterocycles. The van der Waals surface area contributed by atoms with Crippen LogP contribution in [-0.4, -0.2) is 30.7 Å². The van der Waals surface area contributed by atoms with E-state index < -0.39 is 0 Å². The highest BCUT2D eigenvalue weighted by atomic mass is 16.5. The van der Waals surface area contributed by atoms with Crippen LogP contribution in [0.1, 0.15) is 19.4 Å². The molecule has 2 aromatic rings. The highest BCUT2D eigenvalue weighted by Gasteiger charge is 2.14. The molecule has 0 aliphatic carbocycles. The van der Waals surface area contributed by atoms with Gasteiger partial charge in [-0.2, -0.15) is 0 Å². The molecule has 0 unspecified atom stereocenters. The van der Waals surface area contributed by atoms with Gasteiger partial charge in [-0.25, -0.2) is 9.97 Å². The van der Waals surface area contributed by atoms with Gasteiger partial charge in [-0.1, -0.05) is 6.92 Å². The summed E-state index contributed by atoms with van der Waals surface area (Å²) in [5.74, 6) is 2.68. The van der Waals surface area contributed by atoms with Gasteiger partial charge in [0.2, 0.25) is 0 Å². The van der Waals surface area contributed by atoms with Gasteiger partial charge in [0.1, 0.15) is 23.7 Å². The summed E-state index contributed by atoms with van der Waals surface area (Å²) in [5.41, 5.74) is 2.18. The van der Waals surface area contributed by atoms with E-state index in [1.807, 2.05) is 31.3 Å². The first-order valence-corrected chi connectivity index (χ1v) is 7.16. The van der Waals surface area contributed by atoms with Crippen LogP contribution in [0.25, 0.3) is 0 Å². The summed E-state index contributed by atoms with van der Waals surface area (Å²) in [7, 11) is 3.68. The standard InChI is InChI=1S/C16H22N4O/c1-5-14-15(17-6-2)18-11-19-16(14)20(3)12-7-9-13(21-4)10-8-12/h7-11H,5-6H2,1-4H3,(H,17,18,19). The number of methoxy groups -OCH3 is 1. The van der Waals surface area contributed by atoms with Gasteiger partial charge in [-0.15, -0.1) is 0 Å². The van der Waals surface area contributed by atoms with E-state index in [9.17, 15) is 0 Å².